The zero-order valence-corrected chi connectivity index (χ0v) is 8.18. The van der Waals surface area contributed by atoms with Crippen LogP contribution < -0.4 is 5.14 Å². The first-order valence-electron chi connectivity index (χ1n) is 3.80. The van der Waals surface area contributed by atoms with E-state index in [1.165, 1.54) is 23.0 Å². The van der Waals surface area contributed by atoms with Gasteiger partial charge in [0.05, 0.1) is 12.6 Å². The Kier molecular flexibility index (Phi) is 3.04. The van der Waals surface area contributed by atoms with Crippen molar-refractivity contribution in [2.24, 2.45) is 5.14 Å². The molecule has 0 radical (unpaired) electrons. The van der Waals surface area contributed by atoms with Crippen LogP contribution in [0.2, 0.25) is 0 Å². The van der Waals surface area contributed by atoms with Gasteiger partial charge >= 0.3 is 0 Å². The van der Waals surface area contributed by atoms with Crippen molar-refractivity contribution in [3.05, 3.63) is 24.9 Å². The Hall–Kier alpha value is -1.18. The maximum Gasteiger partial charge on any atom is 0.257 e. The lowest BCUT2D eigenvalue weighted by Gasteiger charge is -2.08. The SMILES string of the molecule is C=CC(CO)n1ccc(S(N)(=O)=O)n1. The lowest BCUT2D eigenvalue weighted by Crippen LogP contribution is -2.15. The summed E-state index contributed by atoms with van der Waals surface area (Å²) in [4.78, 5) is 0. The van der Waals surface area contributed by atoms with Crippen LogP contribution in [0, 0.1) is 0 Å². The predicted octanol–water partition coefficient (Wildman–Crippen LogP) is -0.750. The summed E-state index contributed by atoms with van der Waals surface area (Å²) < 4.78 is 23.0. The molecule has 0 aliphatic heterocycles. The van der Waals surface area contributed by atoms with E-state index in [0.29, 0.717) is 0 Å². The van der Waals surface area contributed by atoms with Crippen molar-refractivity contribution < 1.29 is 13.5 Å². The lowest BCUT2D eigenvalue weighted by atomic mass is 10.3. The molecule has 0 aliphatic carbocycles. The third kappa shape index (κ3) is 2.19. The molecule has 0 aliphatic rings. The van der Waals surface area contributed by atoms with E-state index in [4.69, 9.17) is 10.2 Å². The Balaban J connectivity index is 3.05. The number of primary sulfonamides is 1. The van der Waals surface area contributed by atoms with Crippen LogP contribution in [0.25, 0.3) is 0 Å². The molecule has 7 heteroatoms. The minimum absolute atomic E-state index is 0.199. The van der Waals surface area contributed by atoms with E-state index in [0.717, 1.165) is 0 Å². The highest BCUT2D eigenvalue weighted by atomic mass is 32.2. The first-order valence-corrected chi connectivity index (χ1v) is 5.35. The number of hydrogen-bond donors (Lipinski definition) is 2. The van der Waals surface area contributed by atoms with E-state index in [2.05, 4.69) is 11.7 Å². The molecule has 3 N–H and O–H groups in total. The normalized spacial score (nSPS) is 13.9. The summed E-state index contributed by atoms with van der Waals surface area (Å²) in [5.74, 6) is 0. The van der Waals surface area contributed by atoms with Gasteiger partial charge in [-0.25, -0.2) is 13.6 Å². The quantitative estimate of drug-likeness (QED) is 0.648. The molecule has 14 heavy (non-hydrogen) atoms. The molecule has 0 saturated carbocycles. The number of aliphatic hydroxyl groups is 1. The first-order chi connectivity index (χ1) is 6.49. The average molecular weight is 217 g/mol. The highest BCUT2D eigenvalue weighted by Gasteiger charge is 2.14. The molecule has 1 heterocycles. The Bertz CT molecular complexity index is 423. The van der Waals surface area contributed by atoms with Crippen LogP contribution in [0.4, 0.5) is 0 Å². The molecular weight excluding hydrogens is 206 g/mol. The monoisotopic (exact) mass is 217 g/mol. The summed E-state index contributed by atoms with van der Waals surface area (Å²) in [6.07, 6.45) is 2.88. The van der Waals surface area contributed by atoms with Crippen molar-refractivity contribution in [2.45, 2.75) is 11.1 Å². The van der Waals surface area contributed by atoms with Crippen molar-refractivity contribution in [1.82, 2.24) is 9.78 Å². The van der Waals surface area contributed by atoms with Crippen molar-refractivity contribution in [1.29, 1.82) is 0 Å². The van der Waals surface area contributed by atoms with Gasteiger partial charge in [-0.05, 0) is 6.07 Å². The molecule has 0 bridgehead atoms. The molecule has 1 aromatic heterocycles. The lowest BCUT2D eigenvalue weighted by molar-refractivity contribution is 0.244. The zero-order chi connectivity index (χ0) is 10.8. The summed E-state index contributed by atoms with van der Waals surface area (Å²) in [5, 5.41) is 17.2. The third-order valence-electron chi connectivity index (χ3n) is 1.67. The van der Waals surface area contributed by atoms with E-state index in [9.17, 15) is 8.42 Å². The maximum atomic E-state index is 10.9. The number of aromatic nitrogens is 2. The molecule has 1 aromatic rings. The number of rotatable bonds is 4. The summed E-state index contributed by atoms with van der Waals surface area (Å²) in [6, 6.07) is 0.826. The Labute approximate surface area is 81.7 Å². The fourth-order valence-corrected chi connectivity index (χ4v) is 1.38. The standard InChI is InChI=1S/C7H11N3O3S/c1-2-6(5-11)10-4-3-7(9-10)14(8,12)13/h2-4,6,11H,1,5H2,(H2,8,12,13). The minimum Gasteiger partial charge on any atom is -0.394 e. The van der Waals surface area contributed by atoms with Crippen LogP contribution in [0.3, 0.4) is 0 Å². The molecular formula is C7H11N3O3S. The molecule has 1 atom stereocenters. The molecule has 6 nitrogen and oxygen atoms in total. The predicted molar refractivity (Wildman–Crippen MR) is 49.9 cm³/mol. The molecule has 1 rings (SSSR count). The number of nitrogens with zero attached hydrogens (tertiary/aromatic N) is 2. The number of nitrogens with two attached hydrogens (primary N) is 1. The summed E-state index contributed by atoms with van der Waals surface area (Å²) in [7, 11) is -3.78. The van der Waals surface area contributed by atoms with Crippen LogP contribution in [-0.2, 0) is 10.0 Å². The molecule has 0 saturated heterocycles. The van der Waals surface area contributed by atoms with E-state index in [-0.39, 0.29) is 11.6 Å². The topological polar surface area (TPSA) is 98.2 Å². The van der Waals surface area contributed by atoms with E-state index in [1.54, 1.807) is 0 Å². The molecule has 78 valence electrons. The van der Waals surface area contributed by atoms with E-state index < -0.39 is 16.1 Å². The maximum absolute atomic E-state index is 10.9. The van der Waals surface area contributed by atoms with E-state index in [1.807, 2.05) is 0 Å². The first kappa shape index (κ1) is 10.9. The number of aliphatic hydroxyl groups excluding tert-OH is 1. The van der Waals surface area contributed by atoms with Gasteiger partial charge in [-0.3, -0.25) is 4.68 Å². The summed E-state index contributed by atoms with van der Waals surface area (Å²) in [6.45, 7) is 3.28. The van der Waals surface area contributed by atoms with Crippen molar-refractivity contribution >= 4 is 10.0 Å². The van der Waals surface area contributed by atoms with Crippen LogP contribution in [0.1, 0.15) is 6.04 Å². The fourth-order valence-electron chi connectivity index (χ4n) is 0.923. The highest BCUT2D eigenvalue weighted by Crippen LogP contribution is 2.08. The van der Waals surface area contributed by atoms with Crippen LogP contribution >= 0.6 is 0 Å². The van der Waals surface area contributed by atoms with E-state index >= 15 is 0 Å². The number of hydrogen-bond acceptors (Lipinski definition) is 4. The summed E-state index contributed by atoms with van der Waals surface area (Å²) in [5.41, 5.74) is 0. The van der Waals surface area contributed by atoms with Gasteiger partial charge in [0.25, 0.3) is 10.0 Å². The van der Waals surface area contributed by atoms with Crippen molar-refractivity contribution in [3.8, 4) is 0 Å². The zero-order valence-electron chi connectivity index (χ0n) is 7.37. The van der Waals surface area contributed by atoms with Gasteiger partial charge in [-0.2, -0.15) is 5.10 Å². The van der Waals surface area contributed by atoms with Gasteiger partial charge in [-0.15, -0.1) is 6.58 Å². The Morgan fingerprint density at radius 2 is 2.43 bits per heavy atom. The van der Waals surface area contributed by atoms with Gasteiger partial charge in [0.15, 0.2) is 5.03 Å². The van der Waals surface area contributed by atoms with Crippen LogP contribution in [-0.4, -0.2) is 29.9 Å². The average Bonchev–Trinajstić information content (AvgIpc) is 2.54. The second-order valence-corrected chi connectivity index (χ2v) is 4.17. The number of sulfonamides is 1. The second-order valence-electron chi connectivity index (χ2n) is 2.66. The van der Waals surface area contributed by atoms with Gasteiger partial charge in [0.1, 0.15) is 0 Å². The molecule has 1 unspecified atom stereocenters. The molecule has 0 amide bonds. The highest BCUT2D eigenvalue weighted by molar-refractivity contribution is 7.89. The molecule has 0 aromatic carbocycles. The third-order valence-corrected chi connectivity index (χ3v) is 2.48. The smallest absolute Gasteiger partial charge is 0.257 e. The largest absolute Gasteiger partial charge is 0.394 e. The molecule has 0 spiro atoms. The van der Waals surface area contributed by atoms with Gasteiger partial charge < -0.3 is 5.11 Å². The van der Waals surface area contributed by atoms with Gasteiger partial charge in [0, 0.05) is 6.20 Å². The summed E-state index contributed by atoms with van der Waals surface area (Å²) >= 11 is 0. The van der Waals surface area contributed by atoms with Crippen LogP contribution in [0.5, 0.6) is 0 Å². The van der Waals surface area contributed by atoms with Gasteiger partial charge in [0.2, 0.25) is 0 Å². The van der Waals surface area contributed by atoms with Crippen molar-refractivity contribution in [2.75, 3.05) is 6.61 Å². The Morgan fingerprint density at radius 1 is 1.79 bits per heavy atom. The van der Waals surface area contributed by atoms with Crippen LogP contribution in [0.15, 0.2) is 29.9 Å². The Morgan fingerprint density at radius 3 is 2.79 bits per heavy atom. The second kappa shape index (κ2) is 3.91. The van der Waals surface area contributed by atoms with Crippen molar-refractivity contribution in [3.63, 3.8) is 0 Å². The minimum atomic E-state index is -3.78. The molecule has 0 fully saturated rings. The van der Waals surface area contributed by atoms with Gasteiger partial charge in [-0.1, -0.05) is 6.08 Å². The fraction of sp³-hybridized carbons (Fsp3) is 0.286.